The summed E-state index contributed by atoms with van der Waals surface area (Å²) >= 11 is 0. The Labute approximate surface area is 255 Å². The molecule has 3 saturated carbocycles. The molecule has 0 spiro atoms. The highest BCUT2D eigenvalue weighted by atomic mass is 16.5. The van der Waals surface area contributed by atoms with Crippen molar-refractivity contribution in [2.45, 2.75) is 111 Å². The fraction of sp³-hybridized carbons (Fsp3) is 0.711. The zero-order chi connectivity index (χ0) is 29.9. The van der Waals surface area contributed by atoms with E-state index in [9.17, 15) is 4.79 Å². The molecule has 0 radical (unpaired) electrons. The second-order valence-electron chi connectivity index (χ2n) is 15.0. The molecule has 3 fully saturated rings. The summed E-state index contributed by atoms with van der Waals surface area (Å²) in [5.74, 6) is 5.55. The van der Waals surface area contributed by atoms with Crippen molar-refractivity contribution in [2.24, 2.45) is 46.3 Å². The van der Waals surface area contributed by atoms with Crippen molar-refractivity contribution in [1.82, 2.24) is 0 Å². The van der Waals surface area contributed by atoms with Crippen molar-refractivity contribution in [3.63, 3.8) is 0 Å². The minimum Gasteiger partial charge on any atom is -0.498 e. The maximum atomic E-state index is 13.0. The molecule has 1 aromatic carbocycles. The molecule has 0 saturated heterocycles. The molecule has 0 bridgehead atoms. The predicted octanol–water partition coefficient (Wildman–Crippen LogP) is 9.79. The van der Waals surface area contributed by atoms with Crippen LogP contribution in [0.25, 0.3) is 0 Å². The quantitative estimate of drug-likeness (QED) is 0.107. The van der Waals surface area contributed by atoms with Crippen LogP contribution in [-0.2, 0) is 9.47 Å². The van der Waals surface area contributed by atoms with Gasteiger partial charge in [0.15, 0.2) is 0 Å². The number of hydrogen-bond acceptors (Lipinski definition) is 4. The Morgan fingerprint density at radius 1 is 1.00 bits per heavy atom. The van der Waals surface area contributed by atoms with Crippen molar-refractivity contribution < 1.29 is 19.0 Å². The Bertz CT molecular complexity index is 1100. The fourth-order valence-electron chi connectivity index (χ4n) is 9.95. The smallest absolute Gasteiger partial charge is 0.338 e. The lowest BCUT2D eigenvalue weighted by atomic mass is 9.47. The first-order chi connectivity index (χ1) is 20.2. The lowest BCUT2D eigenvalue weighted by molar-refractivity contribution is -0.0594. The first-order valence-electron chi connectivity index (χ1n) is 17.0. The topological polar surface area (TPSA) is 44.8 Å². The van der Waals surface area contributed by atoms with E-state index in [4.69, 9.17) is 14.2 Å². The van der Waals surface area contributed by atoms with Gasteiger partial charge in [-0.05, 0) is 116 Å². The molecule has 0 heterocycles. The van der Waals surface area contributed by atoms with Gasteiger partial charge in [-0.2, -0.15) is 0 Å². The van der Waals surface area contributed by atoms with Crippen LogP contribution in [-0.4, -0.2) is 25.3 Å². The Morgan fingerprint density at radius 3 is 2.52 bits per heavy atom. The van der Waals surface area contributed by atoms with E-state index in [0.29, 0.717) is 29.9 Å². The third-order valence-electron chi connectivity index (χ3n) is 12.2. The molecule has 4 aliphatic carbocycles. The SMILES string of the molecule is C=COCCOc1ccc(C(=O)OC2CCC3(C)C(=CCC4C3CCC3(C)C(C(C)CCCC(C)C)CCC43)C2)cc1. The highest BCUT2D eigenvalue weighted by Crippen LogP contribution is 2.67. The first-order valence-corrected chi connectivity index (χ1v) is 17.0. The first kappa shape index (κ1) is 31.2. The average molecular weight is 577 g/mol. The number of benzene rings is 1. The monoisotopic (exact) mass is 576 g/mol. The molecule has 4 aliphatic rings. The summed E-state index contributed by atoms with van der Waals surface area (Å²) in [6, 6.07) is 7.23. The number of esters is 1. The van der Waals surface area contributed by atoms with Crippen LogP contribution in [0.15, 0.2) is 48.8 Å². The summed E-state index contributed by atoms with van der Waals surface area (Å²) in [6.45, 7) is 16.9. The summed E-state index contributed by atoms with van der Waals surface area (Å²) in [7, 11) is 0. The largest absolute Gasteiger partial charge is 0.498 e. The van der Waals surface area contributed by atoms with Gasteiger partial charge < -0.3 is 14.2 Å². The Morgan fingerprint density at radius 2 is 1.79 bits per heavy atom. The summed E-state index contributed by atoms with van der Waals surface area (Å²) < 4.78 is 16.8. The fourth-order valence-corrected chi connectivity index (χ4v) is 9.95. The maximum absolute atomic E-state index is 13.0. The third-order valence-corrected chi connectivity index (χ3v) is 12.2. The average Bonchev–Trinajstić information content (AvgIpc) is 3.33. The van der Waals surface area contributed by atoms with Gasteiger partial charge in [0, 0.05) is 6.42 Å². The zero-order valence-corrected chi connectivity index (χ0v) is 27.0. The Kier molecular flexibility index (Phi) is 9.79. The highest BCUT2D eigenvalue weighted by Gasteiger charge is 2.59. The van der Waals surface area contributed by atoms with Crippen LogP contribution >= 0.6 is 0 Å². The molecule has 0 N–H and O–H groups in total. The number of rotatable bonds is 12. The van der Waals surface area contributed by atoms with Crippen LogP contribution in [0, 0.1) is 46.3 Å². The number of fused-ring (bicyclic) bond motifs is 5. The van der Waals surface area contributed by atoms with Gasteiger partial charge in [0.2, 0.25) is 0 Å². The molecule has 5 rings (SSSR count). The summed E-state index contributed by atoms with van der Waals surface area (Å²) in [5.41, 5.74) is 2.94. The van der Waals surface area contributed by atoms with Crippen molar-refractivity contribution in [3.8, 4) is 5.75 Å². The van der Waals surface area contributed by atoms with Crippen molar-refractivity contribution in [1.29, 1.82) is 0 Å². The van der Waals surface area contributed by atoms with Crippen molar-refractivity contribution in [3.05, 3.63) is 54.3 Å². The number of carbonyl (C=O) groups excluding carboxylic acids is 1. The van der Waals surface area contributed by atoms with E-state index in [0.717, 1.165) is 54.8 Å². The summed E-state index contributed by atoms with van der Waals surface area (Å²) in [5, 5.41) is 0. The minimum atomic E-state index is -0.229. The van der Waals surface area contributed by atoms with Crippen LogP contribution in [0.4, 0.5) is 0 Å². The molecular weight excluding hydrogens is 520 g/mol. The summed E-state index contributed by atoms with van der Waals surface area (Å²) in [4.78, 5) is 13.0. The molecule has 4 nitrogen and oxygen atoms in total. The van der Waals surface area contributed by atoms with Gasteiger partial charge in [-0.25, -0.2) is 4.79 Å². The predicted molar refractivity (Wildman–Crippen MR) is 170 cm³/mol. The van der Waals surface area contributed by atoms with Gasteiger partial charge in [0.25, 0.3) is 0 Å². The second-order valence-corrected chi connectivity index (χ2v) is 15.0. The Hall–Kier alpha value is -2.23. The molecule has 232 valence electrons. The van der Waals surface area contributed by atoms with Crippen LogP contribution in [0.1, 0.15) is 116 Å². The van der Waals surface area contributed by atoms with Crippen LogP contribution in [0.3, 0.4) is 0 Å². The van der Waals surface area contributed by atoms with Gasteiger partial charge in [-0.15, -0.1) is 0 Å². The van der Waals surface area contributed by atoms with Crippen molar-refractivity contribution >= 4 is 5.97 Å². The van der Waals surface area contributed by atoms with Crippen molar-refractivity contribution in [2.75, 3.05) is 13.2 Å². The third kappa shape index (κ3) is 6.34. The van der Waals surface area contributed by atoms with E-state index >= 15 is 0 Å². The normalized spacial score (nSPS) is 34.4. The number of allylic oxidation sites excluding steroid dienone is 1. The maximum Gasteiger partial charge on any atom is 0.338 e. The van der Waals surface area contributed by atoms with E-state index in [2.05, 4.69) is 47.3 Å². The second kappa shape index (κ2) is 13.2. The highest BCUT2D eigenvalue weighted by molar-refractivity contribution is 5.89. The van der Waals surface area contributed by atoms with E-state index in [1.54, 1.807) is 17.7 Å². The van der Waals surface area contributed by atoms with Crippen LogP contribution in [0.5, 0.6) is 5.75 Å². The standard InChI is InChI=1S/C38H56O4/c1-7-40-23-24-41-30-14-11-28(12-15-30)36(39)42-31-19-21-37(5)29(25-31)13-16-32-34-18-17-33(27(4)10-8-9-26(2)3)38(34,6)22-20-35(32)37/h7,11-15,26-27,31-35H,1,8-10,16-25H2,2-6H3. The molecule has 42 heavy (non-hydrogen) atoms. The van der Waals surface area contributed by atoms with E-state index < -0.39 is 0 Å². The molecule has 4 heteroatoms. The summed E-state index contributed by atoms with van der Waals surface area (Å²) in [6.07, 6.45) is 18.0. The molecular formula is C38H56O4. The molecule has 8 unspecified atom stereocenters. The van der Waals surface area contributed by atoms with E-state index in [1.807, 2.05) is 12.1 Å². The Balaban J connectivity index is 1.18. The number of carbonyl (C=O) groups is 1. The molecule has 0 amide bonds. The van der Waals surface area contributed by atoms with Crippen LogP contribution in [0.2, 0.25) is 0 Å². The number of ether oxygens (including phenoxy) is 3. The molecule has 1 aromatic rings. The van der Waals surface area contributed by atoms with Gasteiger partial charge in [-0.1, -0.05) is 72.1 Å². The van der Waals surface area contributed by atoms with E-state index in [1.165, 1.54) is 57.6 Å². The van der Waals surface area contributed by atoms with Gasteiger partial charge in [0.05, 0.1) is 11.8 Å². The minimum absolute atomic E-state index is 0.0308. The van der Waals surface area contributed by atoms with E-state index in [-0.39, 0.29) is 17.5 Å². The lowest BCUT2D eigenvalue weighted by Gasteiger charge is -2.58. The molecule has 0 aromatic heterocycles. The zero-order valence-electron chi connectivity index (χ0n) is 27.0. The lowest BCUT2D eigenvalue weighted by Crippen LogP contribution is -2.51. The van der Waals surface area contributed by atoms with Crippen LogP contribution < -0.4 is 4.74 Å². The van der Waals surface area contributed by atoms with Gasteiger partial charge in [0.1, 0.15) is 25.1 Å². The van der Waals surface area contributed by atoms with Gasteiger partial charge >= 0.3 is 5.97 Å². The van der Waals surface area contributed by atoms with Gasteiger partial charge in [-0.3, -0.25) is 0 Å². The molecule has 8 atom stereocenters. The number of hydrogen-bond donors (Lipinski definition) is 0. The molecule has 0 aliphatic heterocycles.